The van der Waals surface area contributed by atoms with E-state index < -0.39 is 0 Å². The highest BCUT2D eigenvalue weighted by Crippen LogP contribution is 2.39. The maximum Gasteiger partial charge on any atom is 0.242 e. The van der Waals surface area contributed by atoms with Crippen LogP contribution in [0.2, 0.25) is 0 Å². The molecule has 1 atom stereocenters. The van der Waals surface area contributed by atoms with E-state index in [4.69, 9.17) is 4.74 Å². The van der Waals surface area contributed by atoms with Crippen LogP contribution in [-0.2, 0) is 16.1 Å². The topological polar surface area (TPSA) is 56.2 Å². The number of aromatic nitrogens is 2. The van der Waals surface area contributed by atoms with E-state index >= 15 is 0 Å². The van der Waals surface area contributed by atoms with Crippen molar-refractivity contribution >= 4 is 5.91 Å². The Morgan fingerprint density at radius 3 is 3.00 bits per heavy atom. The van der Waals surface area contributed by atoms with Gasteiger partial charge in [0.05, 0.1) is 24.4 Å². The number of carbonyl (C=O) groups is 1. The summed E-state index contributed by atoms with van der Waals surface area (Å²) in [5.74, 6) is 0.0227. The molecule has 0 unspecified atom stereocenters. The van der Waals surface area contributed by atoms with Gasteiger partial charge in [-0.25, -0.2) is 0 Å². The Balaban J connectivity index is 1.50. The predicted octanol–water partition coefficient (Wildman–Crippen LogP) is 1.80. The van der Waals surface area contributed by atoms with Crippen LogP contribution >= 0.6 is 0 Å². The minimum Gasteiger partial charge on any atom is -0.373 e. The Hall–Kier alpha value is -1.36. The molecule has 110 valence electrons. The molecule has 3 rings (SSSR count). The molecule has 1 aromatic heterocycles. The van der Waals surface area contributed by atoms with Gasteiger partial charge in [-0.1, -0.05) is 19.3 Å². The first-order chi connectivity index (χ1) is 9.65. The first-order valence-corrected chi connectivity index (χ1v) is 7.58. The first-order valence-electron chi connectivity index (χ1n) is 7.58. The van der Waals surface area contributed by atoms with Crippen molar-refractivity contribution in [2.45, 2.75) is 63.6 Å². The van der Waals surface area contributed by atoms with Crippen molar-refractivity contribution < 1.29 is 9.53 Å². The maximum atomic E-state index is 12.0. The quantitative estimate of drug-likeness (QED) is 0.916. The van der Waals surface area contributed by atoms with Gasteiger partial charge >= 0.3 is 0 Å². The molecule has 1 saturated carbocycles. The summed E-state index contributed by atoms with van der Waals surface area (Å²) in [6, 6.07) is 0.164. The van der Waals surface area contributed by atoms with Gasteiger partial charge in [0.2, 0.25) is 5.91 Å². The van der Waals surface area contributed by atoms with Crippen LogP contribution in [0, 0.1) is 6.92 Å². The summed E-state index contributed by atoms with van der Waals surface area (Å²) in [5.41, 5.74) is 1.13. The van der Waals surface area contributed by atoms with E-state index in [1.54, 1.807) is 10.9 Å². The van der Waals surface area contributed by atoms with Crippen LogP contribution in [0.4, 0.5) is 0 Å². The average molecular weight is 277 g/mol. The van der Waals surface area contributed by atoms with Crippen molar-refractivity contribution in [2.75, 3.05) is 6.61 Å². The average Bonchev–Trinajstić information content (AvgIpc) is 2.98. The zero-order valence-electron chi connectivity index (χ0n) is 12.1. The van der Waals surface area contributed by atoms with Crippen molar-refractivity contribution in [1.82, 2.24) is 15.1 Å². The van der Waals surface area contributed by atoms with Crippen LogP contribution in [-0.4, -0.2) is 33.9 Å². The van der Waals surface area contributed by atoms with Gasteiger partial charge in [-0.2, -0.15) is 5.10 Å². The maximum absolute atomic E-state index is 12.0. The summed E-state index contributed by atoms with van der Waals surface area (Å²) < 4.78 is 7.69. The van der Waals surface area contributed by atoms with Crippen molar-refractivity contribution in [3.63, 3.8) is 0 Å². The zero-order chi connectivity index (χ0) is 14.0. The van der Waals surface area contributed by atoms with Crippen LogP contribution in [0.25, 0.3) is 0 Å². The van der Waals surface area contributed by atoms with Crippen LogP contribution in [0.15, 0.2) is 12.4 Å². The summed E-state index contributed by atoms with van der Waals surface area (Å²) in [5, 5.41) is 7.22. The monoisotopic (exact) mass is 277 g/mol. The molecule has 0 radical (unpaired) electrons. The van der Waals surface area contributed by atoms with E-state index in [9.17, 15) is 4.79 Å². The SMILES string of the molecule is Cc1cnn(CC(=O)N[C@H]2COC3(CCCCC3)C2)c1. The Morgan fingerprint density at radius 2 is 2.30 bits per heavy atom. The van der Waals surface area contributed by atoms with E-state index in [0.29, 0.717) is 6.61 Å². The van der Waals surface area contributed by atoms with Crippen LogP contribution < -0.4 is 5.32 Å². The third-order valence-electron chi connectivity index (χ3n) is 4.41. The number of nitrogens with zero attached hydrogens (tertiary/aromatic N) is 2. The summed E-state index contributed by atoms with van der Waals surface area (Å²) in [7, 11) is 0. The number of rotatable bonds is 3. The second-order valence-electron chi connectivity index (χ2n) is 6.24. The predicted molar refractivity (Wildman–Crippen MR) is 75.3 cm³/mol. The molecule has 1 aromatic rings. The molecule has 5 nitrogen and oxygen atoms in total. The van der Waals surface area contributed by atoms with E-state index in [0.717, 1.165) is 24.8 Å². The Bertz CT molecular complexity index is 477. The number of nitrogens with one attached hydrogen (secondary N) is 1. The highest BCUT2D eigenvalue weighted by atomic mass is 16.5. The number of carbonyl (C=O) groups excluding carboxylic acids is 1. The minimum atomic E-state index is 0.0227. The van der Waals surface area contributed by atoms with E-state index in [1.165, 1.54) is 19.3 Å². The molecule has 1 aliphatic carbocycles. The first kappa shape index (κ1) is 13.6. The van der Waals surface area contributed by atoms with Gasteiger partial charge in [0.25, 0.3) is 0 Å². The highest BCUT2D eigenvalue weighted by molar-refractivity contribution is 5.76. The minimum absolute atomic E-state index is 0.0227. The van der Waals surface area contributed by atoms with E-state index in [-0.39, 0.29) is 24.1 Å². The fraction of sp³-hybridized carbons (Fsp3) is 0.733. The molecule has 1 amide bonds. The summed E-state index contributed by atoms with van der Waals surface area (Å²) in [4.78, 5) is 12.0. The molecular formula is C15H23N3O2. The van der Waals surface area contributed by atoms with Crippen molar-refractivity contribution in [2.24, 2.45) is 0 Å². The molecule has 2 aliphatic rings. The molecule has 1 saturated heterocycles. The van der Waals surface area contributed by atoms with Gasteiger partial charge in [-0.3, -0.25) is 9.48 Å². The van der Waals surface area contributed by atoms with Crippen molar-refractivity contribution in [3.8, 4) is 0 Å². The normalized spacial score (nSPS) is 24.9. The number of aryl methyl sites for hydroxylation is 1. The second-order valence-corrected chi connectivity index (χ2v) is 6.24. The van der Waals surface area contributed by atoms with Gasteiger partial charge < -0.3 is 10.1 Å². The standard InChI is InChI=1S/C15H23N3O2/c1-12-8-16-18(9-12)10-14(19)17-13-7-15(20-11-13)5-3-2-4-6-15/h8-9,13H,2-7,10-11H2,1H3,(H,17,19)/t13-/m1/s1. The smallest absolute Gasteiger partial charge is 0.242 e. The lowest BCUT2D eigenvalue weighted by Crippen LogP contribution is -2.39. The van der Waals surface area contributed by atoms with Gasteiger partial charge in [0, 0.05) is 6.20 Å². The molecular weight excluding hydrogens is 254 g/mol. The molecule has 1 aliphatic heterocycles. The molecule has 0 bridgehead atoms. The van der Waals surface area contributed by atoms with Gasteiger partial charge in [-0.05, 0) is 31.7 Å². The highest BCUT2D eigenvalue weighted by Gasteiger charge is 2.41. The Kier molecular flexibility index (Phi) is 3.78. The van der Waals surface area contributed by atoms with Crippen LogP contribution in [0.1, 0.15) is 44.1 Å². The van der Waals surface area contributed by atoms with Crippen LogP contribution in [0.3, 0.4) is 0 Å². The van der Waals surface area contributed by atoms with Gasteiger partial charge in [-0.15, -0.1) is 0 Å². The molecule has 2 heterocycles. The molecule has 2 fully saturated rings. The molecule has 20 heavy (non-hydrogen) atoms. The van der Waals surface area contributed by atoms with Crippen molar-refractivity contribution in [1.29, 1.82) is 0 Å². The summed E-state index contributed by atoms with van der Waals surface area (Å²) in [6.07, 6.45) is 10.8. The number of hydrogen-bond acceptors (Lipinski definition) is 3. The molecule has 1 N–H and O–H groups in total. The Morgan fingerprint density at radius 1 is 1.50 bits per heavy atom. The largest absolute Gasteiger partial charge is 0.373 e. The number of amides is 1. The summed E-state index contributed by atoms with van der Waals surface area (Å²) in [6.45, 7) is 2.92. The zero-order valence-corrected chi connectivity index (χ0v) is 12.1. The lowest BCUT2D eigenvalue weighted by Gasteiger charge is -2.32. The third-order valence-corrected chi connectivity index (χ3v) is 4.41. The third kappa shape index (κ3) is 3.03. The fourth-order valence-electron chi connectivity index (χ4n) is 3.46. The van der Waals surface area contributed by atoms with Gasteiger partial charge in [0.15, 0.2) is 0 Å². The fourth-order valence-corrected chi connectivity index (χ4v) is 3.46. The van der Waals surface area contributed by atoms with Gasteiger partial charge in [0.1, 0.15) is 6.54 Å². The van der Waals surface area contributed by atoms with E-state index in [2.05, 4.69) is 10.4 Å². The lowest BCUT2D eigenvalue weighted by atomic mass is 9.82. The van der Waals surface area contributed by atoms with Crippen LogP contribution in [0.5, 0.6) is 0 Å². The van der Waals surface area contributed by atoms with Crippen molar-refractivity contribution in [3.05, 3.63) is 18.0 Å². The number of ether oxygens (including phenoxy) is 1. The summed E-state index contributed by atoms with van der Waals surface area (Å²) >= 11 is 0. The second kappa shape index (κ2) is 5.56. The molecule has 0 aromatic carbocycles. The molecule has 5 heteroatoms. The Labute approximate surface area is 119 Å². The number of hydrogen-bond donors (Lipinski definition) is 1. The molecule has 1 spiro atoms. The van der Waals surface area contributed by atoms with E-state index in [1.807, 2.05) is 13.1 Å². The lowest BCUT2D eigenvalue weighted by molar-refractivity contribution is -0.122.